The highest BCUT2D eigenvalue weighted by molar-refractivity contribution is 5.78. The highest BCUT2D eigenvalue weighted by atomic mass is 19.4. The Morgan fingerprint density at radius 1 is 0.408 bits per heavy atom. The van der Waals surface area contributed by atoms with E-state index in [1.165, 1.54) is 24.3 Å². The summed E-state index contributed by atoms with van der Waals surface area (Å²) in [7, 11) is 1.76. The maximum Gasteiger partial charge on any atom is 0.416 e. The summed E-state index contributed by atoms with van der Waals surface area (Å²) < 4.78 is 84.9. The summed E-state index contributed by atoms with van der Waals surface area (Å²) in [6.45, 7) is 2.02. The minimum Gasteiger partial charge on any atom is -0.457 e. The van der Waals surface area contributed by atoms with Crippen LogP contribution in [0.5, 0.6) is 11.5 Å². The molecule has 248 valence electrons. The van der Waals surface area contributed by atoms with Crippen molar-refractivity contribution in [3.63, 3.8) is 0 Å². The predicted molar refractivity (Wildman–Crippen MR) is 182 cm³/mol. The van der Waals surface area contributed by atoms with Crippen molar-refractivity contribution in [2.75, 3.05) is 16.8 Å². The van der Waals surface area contributed by atoms with Crippen LogP contribution in [0.15, 0.2) is 146 Å². The van der Waals surface area contributed by atoms with Crippen LogP contribution in [0.2, 0.25) is 0 Å². The van der Waals surface area contributed by atoms with Crippen LogP contribution in [0.4, 0.5) is 54.8 Å². The fraction of sp³-hybridized carbons (Fsp3) is 0.100. The van der Waals surface area contributed by atoms with E-state index in [1.54, 1.807) is 48.3 Å². The third kappa shape index (κ3) is 7.73. The number of halogens is 6. The lowest BCUT2D eigenvalue weighted by Gasteiger charge is -2.26. The lowest BCUT2D eigenvalue weighted by atomic mass is 10.0. The quantitative estimate of drug-likeness (QED) is 0.150. The Kier molecular flexibility index (Phi) is 9.10. The van der Waals surface area contributed by atoms with Crippen LogP contribution in [0, 0.1) is 6.92 Å². The van der Waals surface area contributed by atoms with E-state index in [2.05, 4.69) is 0 Å². The van der Waals surface area contributed by atoms with Crippen molar-refractivity contribution in [3.05, 3.63) is 162 Å². The van der Waals surface area contributed by atoms with Gasteiger partial charge in [-0.3, -0.25) is 0 Å². The molecule has 0 aliphatic heterocycles. The topological polar surface area (TPSA) is 15.7 Å². The first-order valence-corrected chi connectivity index (χ1v) is 15.3. The van der Waals surface area contributed by atoms with E-state index in [4.69, 9.17) is 4.74 Å². The smallest absolute Gasteiger partial charge is 0.416 e. The van der Waals surface area contributed by atoms with Gasteiger partial charge in [0.05, 0.1) is 11.1 Å². The summed E-state index contributed by atoms with van der Waals surface area (Å²) in [6.07, 6.45) is -8.85. The predicted octanol–water partition coefficient (Wildman–Crippen LogP) is 12.7. The van der Waals surface area contributed by atoms with Gasteiger partial charge < -0.3 is 14.5 Å². The molecule has 0 bridgehead atoms. The fourth-order valence-corrected chi connectivity index (χ4v) is 5.36. The number of ether oxygens (including phenoxy) is 1. The van der Waals surface area contributed by atoms with E-state index < -0.39 is 23.5 Å². The first-order valence-electron chi connectivity index (χ1n) is 15.3. The maximum absolute atomic E-state index is 13.3. The average molecular weight is 669 g/mol. The molecule has 6 rings (SSSR count). The van der Waals surface area contributed by atoms with Crippen molar-refractivity contribution in [1.29, 1.82) is 0 Å². The molecule has 0 unspecified atom stereocenters. The second-order valence-corrected chi connectivity index (χ2v) is 11.5. The molecule has 6 aromatic carbocycles. The number of anilines is 5. The van der Waals surface area contributed by atoms with Gasteiger partial charge in [-0.05, 0) is 127 Å². The van der Waals surface area contributed by atoms with Crippen LogP contribution in [0.1, 0.15) is 16.7 Å². The van der Waals surface area contributed by atoms with Crippen LogP contribution in [-0.4, -0.2) is 7.05 Å². The molecule has 3 nitrogen and oxygen atoms in total. The Morgan fingerprint density at radius 2 is 0.714 bits per heavy atom. The van der Waals surface area contributed by atoms with Gasteiger partial charge in [-0.15, -0.1) is 0 Å². The molecule has 0 heterocycles. The van der Waals surface area contributed by atoms with Crippen molar-refractivity contribution < 1.29 is 31.1 Å². The molecule has 0 amide bonds. The molecule has 0 aliphatic rings. The Labute approximate surface area is 280 Å². The molecule has 49 heavy (non-hydrogen) atoms. The van der Waals surface area contributed by atoms with E-state index in [0.717, 1.165) is 52.3 Å². The molecular weight excluding hydrogens is 638 g/mol. The van der Waals surface area contributed by atoms with Crippen LogP contribution in [0.25, 0.3) is 11.1 Å². The van der Waals surface area contributed by atoms with Gasteiger partial charge in [-0.2, -0.15) is 26.3 Å². The maximum atomic E-state index is 13.3. The second kappa shape index (κ2) is 13.4. The number of benzene rings is 6. The molecule has 0 fully saturated rings. The number of alkyl halides is 6. The zero-order valence-electron chi connectivity index (χ0n) is 26.4. The van der Waals surface area contributed by atoms with E-state index >= 15 is 0 Å². The van der Waals surface area contributed by atoms with Gasteiger partial charge >= 0.3 is 12.4 Å². The van der Waals surface area contributed by atoms with E-state index in [1.807, 2.05) is 72.5 Å². The Balaban J connectivity index is 1.22. The number of hydrogen-bond donors (Lipinski definition) is 0. The minimum atomic E-state index is -4.45. The van der Waals surface area contributed by atoms with Crippen molar-refractivity contribution in [2.24, 2.45) is 0 Å². The summed E-state index contributed by atoms with van der Waals surface area (Å²) in [4.78, 5) is 3.64. The van der Waals surface area contributed by atoms with Crippen molar-refractivity contribution in [3.8, 4) is 22.6 Å². The van der Waals surface area contributed by atoms with Gasteiger partial charge in [0.15, 0.2) is 0 Å². The zero-order valence-corrected chi connectivity index (χ0v) is 26.4. The van der Waals surface area contributed by atoms with E-state index in [9.17, 15) is 26.3 Å². The molecule has 0 spiro atoms. The molecule has 0 saturated carbocycles. The zero-order chi connectivity index (χ0) is 34.8. The first kappa shape index (κ1) is 33.2. The van der Waals surface area contributed by atoms with Crippen LogP contribution in [-0.2, 0) is 12.4 Å². The molecule has 6 aromatic rings. The molecule has 0 aliphatic carbocycles. The van der Waals surface area contributed by atoms with Gasteiger partial charge in [0.2, 0.25) is 0 Å². The molecule has 0 aromatic heterocycles. The Bertz CT molecular complexity index is 1990. The van der Waals surface area contributed by atoms with Crippen molar-refractivity contribution in [1.82, 2.24) is 0 Å². The third-order valence-electron chi connectivity index (χ3n) is 8.10. The van der Waals surface area contributed by atoms with E-state index in [0.29, 0.717) is 28.6 Å². The number of nitrogens with zero attached hydrogens (tertiary/aromatic N) is 2. The summed E-state index contributed by atoms with van der Waals surface area (Å²) >= 11 is 0. The molecule has 0 atom stereocenters. The van der Waals surface area contributed by atoms with Crippen molar-refractivity contribution >= 4 is 28.4 Å². The first-order chi connectivity index (χ1) is 23.3. The van der Waals surface area contributed by atoms with Gasteiger partial charge in [0.25, 0.3) is 0 Å². The van der Waals surface area contributed by atoms with Gasteiger partial charge in [-0.25, -0.2) is 0 Å². The second-order valence-electron chi connectivity index (χ2n) is 11.5. The van der Waals surface area contributed by atoms with Crippen molar-refractivity contribution in [2.45, 2.75) is 19.3 Å². The highest BCUT2D eigenvalue weighted by Gasteiger charge is 2.31. The van der Waals surface area contributed by atoms with Gasteiger partial charge in [0.1, 0.15) is 11.5 Å². The van der Waals surface area contributed by atoms with Gasteiger partial charge in [0, 0.05) is 35.5 Å². The van der Waals surface area contributed by atoms with Crippen LogP contribution < -0.4 is 14.5 Å². The Morgan fingerprint density at radius 3 is 1.10 bits per heavy atom. The molecular formula is C40H30F6N2O. The minimum absolute atomic E-state index is 0.537. The lowest BCUT2D eigenvalue weighted by Crippen LogP contribution is -2.11. The normalized spacial score (nSPS) is 11.7. The largest absolute Gasteiger partial charge is 0.457 e. The summed E-state index contributed by atoms with van der Waals surface area (Å²) in [5, 5.41) is 0. The van der Waals surface area contributed by atoms with Crippen LogP contribution >= 0.6 is 0 Å². The Hall–Kier alpha value is -5.70. The monoisotopic (exact) mass is 668 g/mol. The summed E-state index contributed by atoms with van der Waals surface area (Å²) in [5.74, 6) is 1.08. The average Bonchev–Trinajstić information content (AvgIpc) is 3.09. The molecule has 0 radical (unpaired) electrons. The highest BCUT2D eigenvalue weighted by Crippen LogP contribution is 2.39. The molecule has 0 N–H and O–H groups in total. The standard InChI is InChI=1S/C40H30F6N2O/c1-27-3-5-28(6-4-27)29-7-13-34(14-8-29)48(35-17-11-31(12-18-35)40(44,45)46)36-21-25-38(26-22-36)49-37-23-19-33(20-24-37)47(2)32-15-9-30(10-16-32)39(41,42)43/h3-26H,1-2H3. The fourth-order valence-electron chi connectivity index (χ4n) is 5.36. The van der Waals surface area contributed by atoms with E-state index in [-0.39, 0.29) is 0 Å². The molecule has 0 saturated heterocycles. The number of hydrogen-bond acceptors (Lipinski definition) is 3. The number of rotatable bonds is 8. The summed E-state index contributed by atoms with van der Waals surface area (Å²) in [5.41, 5.74) is 5.16. The van der Waals surface area contributed by atoms with Gasteiger partial charge in [-0.1, -0.05) is 42.0 Å². The van der Waals surface area contributed by atoms with Crippen LogP contribution in [0.3, 0.4) is 0 Å². The number of aryl methyl sites for hydroxylation is 1. The molecule has 9 heteroatoms. The lowest BCUT2D eigenvalue weighted by molar-refractivity contribution is -0.138. The summed E-state index contributed by atoms with van der Waals surface area (Å²) in [6, 6.07) is 40.3. The third-order valence-corrected chi connectivity index (χ3v) is 8.10. The SMILES string of the molecule is Cc1ccc(-c2ccc(N(c3ccc(Oc4ccc(N(C)c5ccc(C(F)(F)F)cc5)cc4)cc3)c3ccc(C(F)(F)F)cc3)cc2)cc1.